The number of nitrogens with one attached hydrogen (secondary N) is 1. The number of hydrogen-bond donors (Lipinski definition) is 1. The van der Waals surface area contributed by atoms with Gasteiger partial charge in [-0.3, -0.25) is 9.20 Å². The van der Waals surface area contributed by atoms with E-state index in [0.29, 0.717) is 12.2 Å². The average Bonchev–Trinajstić information content (AvgIpc) is 2.80. The van der Waals surface area contributed by atoms with Gasteiger partial charge in [-0.25, -0.2) is 4.98 Å². The first-order valence-electron chi connectivity index (χ1n) is 7.12. The minimum absolute atomic E-state index is 0.0591. The minimum Gasteiger partial charge on any atom is -0.351 e. The van der Waals surface area contributed by atoms with Gasteiger partial charge in [0.25, 0.3) is 5.91 Å². The number of aromatic nitrogens is 2. The van der Waals surface area contributed by atoms with E-state index in [9.17, 15) is 4.79 Å². The first-order valence-corrected chi connectivity index (χ1v) is 7.91. The van der Waals surface area contributed by atoms with Crippen LogP contribution in [0.4, 0.5) is 0 Å². The summed E-state index contributed by atoms with van der Waals surface area (Å²) in [6.07, 6.45) is 3.55. The molecule has 2 aromatic heterocycles. The highest BCUT2D eigenvalue weighted by Crippen LogP contribution is 2.17. The minimum atomic E-state index is -0.0591. The van der Waals surface area contributed by atoms with Crippen molar-refractivity contribution in [2.45, 2.75) is 19.8 Å². The number of nitrogens with zero attached hydrogens (tertiary/aromatic N) is 3. The summed E-state index contributed by atoms with van der Waals surface area (Å²) in [5.74, 6) is -0.0591. The molecule has 6 heteroatoms. The average molecular weight is 353 g/mol. The van der Waals surface area contributed by atoms with Gasteiger partial charge < -0.3 is 10.2 Å². The van der Waals surface area contributed by atoms with Gasteiger partial charge in [-0.1, -0.05) is 6.92 Å². The second kappa shape index (κ2) is 7.04. The quantitative estimate of drug-likeness (QED) is 0.811. The molecule has 0 unspecified atom stereocenters. The first-order chi connectivity index (χ1) is 10.0. The highest BCUT2D eigenvalue weighted by molar-refractivity contribution is 9.10. The van der Waals surface area contributed by atoms with Crippen LogP contribution in [-0.4, -0.2) is 47.4 Å². The highest BCUT2D eigenvalue weighted by atomic mass is 79.9. The van der Waals surface area contributed by atoms with E-state index in [4.69, 9.17) is 0 Å². The van der Waals surface area contributed by atoms with Crippen molar-refractivity contribution in [1.29, 1.82) is 0 Å². The SMILES string of the molecule is CCc1nc2ccc(Br)cn2c1C(=O)NCCCN(C)C. The van der Waals surface area contributed by atoms with Crippen molar-refractivity contribution >= 4 is 27.5 Å². The number of carbonyl (C=O) groups is 1. The molecule has 2 heterocycles. The Hall–Kier alpha value is -1.40. The monoisotopic (exact) mass is 352 g/mol. The Morgan fingerprint density at radius 2 is 2.19 bits per heavy atom. The molecule has 0 aliphatic carbocycles. The molecule has 0 radical (unpaired) electrons. The molecule has 5 nitrogen and oxygen atoms in total. The molecule has 0 saturated heterocycles. The number of pyridine rings is 1. The van der Waals surface area contributed by atoms with Gasteiger partial charge in [0.05, 0.1) is 5.69 Å². The normalized spacial score (nSPS) is 11.3. The van der Waals surface area contributed by atoms with Crippen LogP contribution in [0.15, 0.2) is 22.8 Å². The van der Waals surface area contributed by atoms with E-state index in [2.05, 4.69) is 31.1 Å². The van der Waals surface area contributed by atoms with Gasteiger partial charge in [-0.15, -0.1) is 0 Å². The van der Waals surface area contributed by atoms with E-state index >= 15 is 0 Å². The lowest BCUT2D eigenvalue weighted by Gasteiger charge is -2.10. The Morgan fingerprint density at radius 1 is 1.43 bits per heavy atom. The van der Waals surface area contributed by atoms with E-state index in [-0.39, 0.29) is 5.91 Å². The Balaban J connectivity index is 2.19. The number of amides is 1. The van der Waals surface area contributed by atoms with Crippen molar-refractivity contribution in [3.63, 3.8) is 0 Å². The van der Waals surface area contributed by atoms with Crippen molar-refractivity contribution < 1.29 is 4.79 Å². The van der Waals surface area contributed by atoms with Crippen LogP contribution in [0.2, 0.25) is 0 Å². The molecule has 0 atom stereocenters. The summed E-state index contributed by atoms with van der Waals surface area (Å²) in [6, 6.07) is 3.84. The molecule has 0 fully saturated rings. The van der Waals surface area contributed by atoms with E-state index in [0.717, 1.165) is 35.2 Å². The molecule has 2 rings (SSSR count). The Labute approximate surface area is 133 Å². The molecule has 2 aromatic rings. The van der Waals surface area contributed by atoms with Crippen LogP contribution in [0.25, 0.3) is 5.65 Å². The topological polar surface area (TPSA) is 49.6 Å². The number of rotatable bonds is 6. The van der Waals surface area contributed by atoms with E-state index in [1.54, 1.807) is 0 Å². The van der Waals surface area contributed by atoms with Crippen molar-refractivity contribution in [2.24, 2.45) is 0 Å². The number of halogens is 1. The standard InChI is InChI=1S/C15H21BrN4O/c1-4-12-14(15(21)17-8-5-9-19(2)3)20-10-11(16)6-7-13(20)18-12/h6-7,10H,4-5,8-9H2,1-3H3,(H,17,21). The molecule has 114 valence electrons. The fourth-order valence-corrected chi connectivity index (χ4v) is 2.57. The number of aryl methyl sites for hydroxylation is 1. The Bertz CT molecular complexity index is 636. The van der Waals surface area contributed by atoms with Crippen molar-refractivity contribution in [3.05, 3.63) is 34.2 Å². The van der Waals surface area contributed by atoms with Crippen molar-refractivity contribution in [1.82, 2.24) is 19.6 Å². The fraction of sp³-hybridized carbons (Fsp3) is 0.467. The van der Waals surface area contributed by atoms with E-state index in [1.807, 2.05) is 43.7 Å². The van der Waals surface area contributed by atoms with E-state index < -0.39 is 0 Å². The summed E-state index contributed by atoms with van der Waals surface area (Å²) in [6.45, 7) is 3.64. The molecular weight excluding hydrogens is 332 g/mol. The summed E-state index contributed by atoms with van der Waals surface area (Å²) in [7, 11) is 4.05. The smallest absolute Gasteiger partial charge is 0.270 e. The lowest BCUT2D eigenvalue weighted by molar-refractivity contribution is 0.0945. The third-order valence-electron chi connectivity index (χ3n) is 3.27. The molecule has 0 saturated carbocycles. The van der Waals surface area contributed by atoms with Gasteiger partial charge >= 0.3 is 0 Å². The van der Waals surface area contributed by atoms with Crippen LogP contribution >= 0.6 is 15.9 Å². The summed E-state index contributed by atoms with van der Waals surface area (Å²) < 4.78 is 2.78. The zero-order chi connectivity index (χ0) is 15.4. The van der Waals surface area contributed by atoms with Gasteiger partial charge in [-0.05, 0) is 61.5 Å². The molecular formula is C15H21BrN4O. The fourth-order valence-electron chi connectivity index (χ4n) is 2.24. The van der Waals surface area contributed by atoms with Crippen molar-refractivity contribution in [3.8, 4) is 0 Å². The van der Waals surface area contributed by atoms with Crippen LogP contribution in [0.3, 0.4) is 0 Å². The molecule has 0 spiro atoms. The largest absolute Gasteiger partial charge is 0.351 e. The third-order valence-corrected chi connectivity index (χ3v) is 3.74. The van der Waals surface area contributed by atoms with Crippen molar-refractivity contribution in [2.75, 3.05) is 27.2 Å². The molecule has 0 bridgehead atoms. The third kappa shape index (κ3) is 3.83. The molecule has 0 aliphatic rings. The van der Waals surface area contributed by atoms with Crippen LogP contribution in [-0.2, 0) is 6.42 Å². The van der Waals surface area contributed by atoms with Gasteiger partial charge in [-0.2, -0.15) is 0 Å². The maximum absolute atomic E-state index is 12.5. The Morgan fingerprint density at radius 3 is 2.86 bits per heavy atom. The summed E-state index contributed by atoms with van der Waals surface area (Å²) >= 11 is 3.44. The second-order valence-electron chi connectivity index (χ2n) is 5.25. The lowest BCUT2D eigenvalue weighted by atomic mass is 10.2. The van der Waals surface area contributed by atoms with Gasteiger partial charge in [0.15, 0.2) is 0 Å². The molecule has 0 aliphatic heterocycles. The number of hydrogen-bond acceptors (Lipinski definition) is 3. The maximum Gasteiger partial charge on any atom is 0.270 e. The lowest BCUT2D eigenvalue weighted by Crippen LogP contribution is -2.28. The van der Waals surface area contributed by atoms with Gasteiger partial charge in [0.1, 0.15) is 11.3 Å². The predicted octanol–water partition coefficient (Wildman–Crippen LogP) is 2.34. The highest BCUT2D eigenvalue weighted by Gasteiger charge is 2.17. The number of carbonyl (C=O) groups excluding carboxylic acids is 1. The van der Waals surface area contributed by atoms with Crippen LogP contribution < -0.4 is 5.32 Å². The summed E-state index contributed by atoms with van der Waals surface area (Å²) in [5, 5.41) is 2.99. The first kappa shape index (κ1) is 16.0. The van der Waals surface area contributed by atoms with Crippen LogP contribution in [0, 0.1) is 0 Å². The number of fused-ring (bicyclic) bond motifs is 1. The van der Waals surface area contributed by atoms with Gasteiger partial charge in [0.2, 0.25) is 0 Å². The van der Waals surface area contributed by atoms with Crippen LogP contribution in [0.5, 0.6) is 0 Å². The second-order valence-corrected chi connectivity index (χ2v) is 6.16. The molecule has 21 heavy (non-hydrogen) atoms. The predicted molar refractivity (Wildman–Crippen MR) is 87.8 cm³/mol. The van der Waals surface area contributed by atoms with Crippen LogP contribution in [0.1, 0.15) is 29.5 Å². The van der Waals surface area contributed by atoms with E-state index in [1.165, 1.54) is 0 Å². The zero-order valence-electron chi connectivity index (χ0n) is 12.7. The maximum atomic E-state index is 12.5. The summed E-state index contributed by atoms with van der Waals surface area (Å²) in [4.78, 5) is 19.1. The summed E-state index contributed by atoms with van der Waals surface area (Å²) in [5.41, 5.74) is 2.27. The molecule has 1 amide bonds. The Kier molecular flexibility index (Phi) is 5.36. The van der Waals surface area contributed by atoms with Gasteiger partial charge in [0, 0.05) is 17.2 Å². The number of imidazole rings is 1. The molecule has 0 aromatic carbocycles. The molecule has 1 N–H and O–H groups in total. The zero-order valence-corrected chi connectivity index (χ0v) is 14.3.